The number of nitrogens with one attached hydrogen (secondary N) is 1. The summed E-state index contributed by atoms with van der Waals surface area (Å²) in [4.78, 5) is 21.2. The average Bonchev–Trinajstić information content (AvgIpc) is 3.35. The first kappa shape index (κ1) is 23.4. The molecule has 3 heterocycles. The van der Waals surface area contributed by atoms with Crippen LogP contribution < -0.4 is 5.32 Å². The number of amides is 1. The fraction of sp³-hybridized carbons (Fsp3) is 0.500. The van der Waals surface area contributed by atoms with Crippen molar-refractivity contribution in [2.24, 2.45) is 4.99 Å². The molecule has 0 radical (unpaired) electrons. The number of halogens is 1. The molecule has 1 atom stereocenters. The highest BCUT2D eigenvalue weighted by molar-refractivity contribution is 14.0. The average molecular weight is 538 g/mol. The maximum Gasteiger partial charge on any atom is 0.410 e. The van der Waals surface area contributed by atoms with E-state index in [4.69, 9.17) is 9.73 Å². The standard InChI is InChI=1S/C22H30N6O2.HI/c1-22(2,3)30-21(29)26-11-12-28-19(16-26)14-24-20(28)23-13-17-7-4-5-8-18(17)15-27-10-6-9-25-27;/h4-10,19H,11-16H2,1-3H3,(H,23,24);1H. The summed E-state index contributed by atoms with van der Waals surface area (Å²) in [5.74, 6) is 0.915. The van der Waals surface area contributed by atoms with Crippen molar-refractivity contribution in [1.82, 2.24) is 24.9 Å². The molecule has 4 rings (SSSR count). The largest absolute Gasteiger partial charge is 0.444 e. The predicted octanol–water partition coefficient (Wildman–Crippen LogP) is 2.93. The first-order chi connectivity index (χ1) is 14.4. The molecule has 1 aromatic carbocycles. The lowest BCUT2D eigenvalue weighted by Crippen LogP contribution is -2.57. The number of benzene rings is 1. The van der Waals surface area contributed by atoms with Gasteiger partial charge in [-0.2, -0.15) is 5.10 Å². The number of guanidine groups is 1. The van der Waals surface area contributed by atoms with E-state index in [2.05, 4.69) is 39.6 Å². The van der Waals surface area contributed by atoms with Crippen molar-refractivity contribution in [3.63, 3.8) is 0 Å². The van der Waals surface area contributed by atoms with E-state index < -0.39 is 5.60 Å². The minimum atomic E-state index is -0.476. The fourth-order valence-corrected chi connectivity index (χ4v) is 3.85. The van der Waals surface area contributed by atoms with Crippen LogP contribution in [-0.2, 0) is 17.8 Å². The Kier molecular flexibility index (Phi) is 7.45. The highest BCUT2D eigenvalue weighted by Gasteiger charge is 2.36. The number of fused-ring (bicyclic) bond motifs is 1. The molecule has 2 aliphatic rings. The van der Waals surface area contributed by atoms with Gasteiger partial charge in [-0.25, -0.2) is 4.79 Å². The van der Waals surface area contributed by atoms with Crippen molar-refractivity contribution in [3.05, 3.63) is 53.9 Å². The Morgan fingerprint density at radius 1 is 1.19 bits per heavy atom. The van der Waals surface area contributed by atoms with E-state index in [9.17, 15) is 4.79 Å². The van der Waals surface area contributed by atoms with E-state index in [1.54, 1.807) is 11.1 Å². The summed E-state index contributed by atoms with van der Waals surface area (Å²) in [5, 5.41) is 7.82. The fourth-order valence-electron chi connectivity index (χ4n) is 3.85. The van der Waals surface area contributed by atoms with Gasteiger partial charge in [0.2, 0.25) is 0 Å². The van der Waals surface area contributed by atoms with Crippen molar-refractivity contribution >= 4 is 36.0 Å². The minimum absolute atomic E-state index is 0. The van der Waals surface area contributed by atoms with E-state index in [-0.39, 0.29) is 36.1 Å². The van der Waals surface area contributed by atoms with Crippen LogP contribution >= 0.6 is 24.0 Å². The molecular formula is C22H31IN6O2. The highest BCUT2D eigenvalue weighted by Crippen LogP contribution is 2.19. The van der Waals surface area contributed by atoms with Gasteiger partial charge in [-0.3, -0.25) is 9.67 Å². The van der Waals surface area contributed by atoms with Gasteiger partial charge < -0.3 is 19.9 Å². The molecule has 1 amide bonds. The summed E-state index contributed by atoms with van der Waals surface area (Å²) in [6, 6.07) is 10.5. The molecule has 9 heteroatoms. The molecule has 2 aliphatic heterocycles. The molecule has 31 heavy (non-hydrogen) atoms. The zero-order chi connectivity index (χ0) is 21.1. The third kappa shape index (κ3) is 5.90. The minimum Gasteiger partial charge on any atom is -0.444 e. The van der Waals surface area contributed by atoms with Gasteiger partial charge in [-0.05, 0) is 38.0 Å². The van der Waals surface area contributed by atoms with Crippen molar-refractivity contribution in [2.45, 2.75) is 45.5 Å². The predicted molar refractivity (Wildman–Crippen MR) is 131 cm³/mol. The van der Waals surface area contributed by atoms with Gasteiger partial charge in [0.05, 0.1) is 19.1 Å². The number of ether oxygens (including phenoxy) is 1. The monoisotopic (exact) mass is 538 g/mol. The Labute approximate surface area is 200 Å². The van der Waals surface area contributed by atoms with Crippen LogP contribution in [-0.4, -0.2) is 69.5 Å². The number of hydrogen-bond donors (Lipinski definition) is 1. The smallest absolute Gasteiger partial charge is 0.410 e. The van der Waals surface area contributed by atoms with Gasteiger partial charge in [0.1, 0.15) is 5.60 Å². The second-order valence-electron chi connectivity index (χ2n) is 8.76. The molecule has 2 aromatic rings. The van der Waals surface area contributed by atoms with Gasteiger partial charge in [0, 0.05) is 38.6 Å². The summed E-state index contributed by atoms with van der Waals surface area (Å²) in [5.41, 5.74) is 1.99. The zero-order valence-electron chi connectivity index (χ0n) is 18.3. The van der Waals surface area contributed by atoms with Crippen LogP contribution in [0.5, 0.6) is 0 Å². The number of rotatable bonds is 4. The molecule has 0 aliphatic carbocycles. The summed E-state index contributed by atoms with van der Waals surface area (Å²) < 4.78 is 7.45. The number of piperazine rings is 1. The second kappa shape index (κ2) is 9.88. The second-order valence-corrected chi connectivity index (χ2v) is 8.76. The van der Waals surface area contributed by atoms with Crippen LogP contribution in [0, 0.1) is 0 Å². The van der Waals surface area contributed by atoms with E-state index in [0.717, 1.165) is 19.0 Å². The van der Waals surface area contributed by atoms with E-state index in [1.807, 2.05) is 37.7 Å². The van der Waals surface area contributed by atoms with Gasteiger partial charge in [-0.1, -0.05) is 24.3 Å². The van der Waals surface area contributed by atoms with E-state index >= 15 is 0 Å². The topological polar surface area (TPSA) is 75.0 Å². The van der Waals surface area contributed by atoms with Crippen LogP contribution in [0.15, 0.2) is 47.7 Å². The molecule has 1 aromatic heterocycles. The summed E-state index contributed by atoms with van der Waals surface area (Å²) >= 11 is 0. The van der Waals surface area contributed by atoms with Gasteiger partial charge >= 0.3 is 6.09 Å². The molecule has 8 nitrogen and oxygen atoms in total. The number of aromatic nitrogens is 2. The molecule has 0 bridgehead atoms. The lowest BCUT2D eigenvalue weighted by molar-refractivity contribution is 0.0137. The molecule has 1 fully saturated rings. The first-order valence-corrected chi connectivity index (χ1v) is 10.5. The Balaban J connectivity index is 0.00000272. The third-order valence-corrected chi connectivity index (χ3v) is 5.31. The van der Waals surface area contributed by atoms with Crippen molar-refractivity contribution in [1.29, 1.82) is 0 Å². The summed E-state index contributed by atoms with van der Waals surface area (Å²) in [7, 11) is 0. The molecule has 0 spiro atoms. The highest BCUT2D eigenvalue weighted by atomic mass is 127. The normalized spacial score (nSPS) is 18.2. The number of carbonyl (C=O) groups is 1. The SMILES string of the molecule is CC(C)(C)OC(=O)N1CCN2C(NCc3ccccc3Cn3cccn3)=NCC2C1.I. The summed E-state index contributed by atoms with van der Waals surface area (Å²) in [6.45, 7) is 9.86. The van der Waals surface area contributed by atoms with Gasteiger partial charge in [-0.15, -0.1) is 24.0 Å². The summed E-state index contributed by atoms with van der Waals surface area (Å²) in [6.07, 6.45) is 3.53. The lowest BCUT2D eigenvalue weighted by atomic mass is 10.1. The van der Waals surface area contributed by atoms with Crippen molar-refractivity contribution in [3.8, 4) is 0 Å². The number of aliphatic imine (C=N–C) groups is 1. The van der Waals surface area contributed by atoms with E-state index in [1.165, 1.54) is 11.1 Å². The Hall–Kier alpha value is -2.30. The molecule has 0 saturated carbocycles. The quantitative estimate of drug-likeness (QED) is 0.607. The first-order valence-electron chi connectivity index (χ1n) is 10.5. The van der Waals surface area contributed by atoms with Crippen LogP contribution in [0.4, 0.5) is 4.79 Å². The van der Waals surface area contributed by atoms with Gasteiger partial charge in [0.25, 0.3) is 0 Å². The molecule has 168 valence electrons. The lowest BCUT2D eigenvalue weighted by Gasteiger charge is -2.39. The molecule has 1 saturated heterocycles. The molecule has 1 N–H and O–H groups in total. The molecule has 1 unspecified atom stereocenters. The Bertz CT molecular complexity index is 909. The Morgan fingerprint density at radius 3 is 2.68 bits per heavy atom. The van der Waals surface area contributed by atoms with Gasteiger partial charge in [0.15, 0.2) is 5.96 Å². The Morgan fingerprint density at radius 2 is 1.97 bits per heavy atom. The van der Waals surface area contributed by atoms with Crippen molar-refractivity contribution < 1.29 is 9.53 Å². The van der Waals surface area contributed by atoms with Crippen LogP contribution in [0.1, 0.15) is 31.9 Å². The molecular weight excluding hydrogens is 507 g/mol. The maximum absolute atomic E-state index is 12.4. The van der Waals surface area contributed by atoms with E-state index in [0.29, 0.717) is 26.2 Å². The van der Waals surface area contributed by atoms with Crippen LogP contribution in [0.3, 0.4) is 0 Å². The number of hydrogen-bond acceptors (Lipinski definition) is 6. The number of carbonyl (C=O) groups excluding carboxylic acids is 1. The maximum atomic E-state index is 12.4. The zero-order valence-corrected chi connectivity index (χ0v) is 20.7. The van der Waals surface area contributed by atoms with Crippen LogP contribution in [0.25, 0.3) is 0 Å². The number of nitrogens with zero attached hydrogens (tertiary/aromatic N) is 5. The van der Waals surface area contributed by atoms with Crippen molar-refractivity contribution in [2.75, 3.05) is 26.2 Å². The third-order valence-electron chi connectivity index (χ3n) is 5.31. The van der Waals surface area contributed by atoms with Crippen LogP contribution in [0.2, 0.25) is 0 Å².